The minimum Gasteiger partial charge on any atom is -0.550 e. The maximum absolute atomic E-state index is 9.83. The van der Waals surface area contributed by atoms with Crippen LogP contribution in [0.4, 0.5) is 0 Å². The number of carbonyl (C=O) groups is 4. The van der Waals surface area contributed by atoms with Crippen molar-refractivity contribution in [3.63, 3.8) is 0 Å². The number of carbonyl (C=O) groups excluding carboxylic acids is 4. The van der Waals surface area contributed by atoms with Gasteiger partial charge in [-0.25, -0.2) is 0 Å². The van der Waals surface area contributed by atoms with Crippen LogP contribution in [0.2, 0.25) is 0 Å². The van der Waals surface area contributed by atoms with Crippen LogP contribution in [0.15, 0.2) is 0 Å². The van der Waals surface area contributed by atoms with E-state index in [1.807, 2.05) is 0 Å². The van der Waals surface area contributed by atoms with E-state index in [1.54, 1.807) is 0 Å². The van der Waals surface area contributed by atoms with Crippen molar-refractivity contribution in [2.45, 2.75) is 26.7 Å². The summed E-state index contributed by atoms with van der Waals surface area (Å²) in [5.74, 6) is -3.37. The van der Waals surface area contributed by atoms with Gasteiger partial charge in [-0.15, -0.1) is 0 Å². The quantitative estimate of drug-likeness (QED) is 0.374. The second kappa shape index (κ2) is 11.1. The minimum absolute atomic E-state index is 0. The van der Waals surface area contributed by atoms with E-state index in [-0.39, 0.29) is 34.6 Å². The monoisotopic (exact) mass is 226 g/mol. The van der Waals surface area contributed by atoms with Crippen LogP contribution in [0.3, 0.4) is 0 Å². The summed E-state index contributed by atoms with van der Waals surface area (Å²) in [5.41, 5.74) is 0. The zero-order chi connectivity index (χ0) is 11.7. The van der Waals surface area contributed by atoms with Crippen molar-refractivity contribution < 1.29 is 29.4 Å². The molecule has 0 saturated carbocycles. The summed E-state index contributed by atoms with van der Waals surface area (Å²) in [4.78, 5) is 38.6. The fourth-order valence-corrected chi connectivity index (χ4v) is 0.407. The van der Waals surface area contributed by atoms with Gasteiger partial charge in [-0.05, 0) is 13.8 Å². The fourth-order valence-electron chi connectivity index (χ4n) is 0.407. The third-order valence-corrected chi connectivity index (χ3v) is 0.787. The molecular weight excluding hydrogens is 216 g/mol. The van der Waals surface area contributed by atoms with Gasteiger partial charge in [0.05, 0.1) is 0 Å². The molecule has 0 aromatic rings. The van der Waals surface area contributed by atoms with E-state index < -0.39 is 24.8 Å². The molecule has 0 aliphatic carbocycles. The van der Waals surface area contributed by atoms with Crippen LogP contribution in [0.25, 0.3) is 0 Å². The van der Waals surface area contributed by atoms with E-state index in [4.69, 9.17) is 0 Å². The van der Waals surface area contributed by atoms with Gasteiger partial charge < -0.3 is 19.8 Å². The third-order valence-electron chi connectivity index (χ3n) is 0.787. The first-order valence-corrected chi connectivity index (χ1v) is 3.64. The molecule has 0 aromatic heterocycles. The molecule has 0 N–H and O–H groups in total. The SMILES string of the molecule is CC(=O)CC(=O)[O-].CC(=O)CC(=O)[O-].[Mg+2]. The molecule has 0 unspecified atom stereocenters. The van der Waals surface area contributed by atoms with Gasteiger partial charge in [-0.2, -0.15) is 0 Å². The molecule has 0 rings (SSSR count). The molecule has 0 atom stereocenters. The van der Waals surface area contributed by atoms with Crippen molar-refractivity contribution in [2.75, 3.05) is 0 Å². The average Bonchev–Trinajstić information content (AvgIpc) is 1.79. The number of ketones is 2. The summed E-state index contributed by atoms with van der Waals surface area (Å²) in [6.07, 6.45) is -0.944. The van der Waals surface area contributed by atoms with Crippen LogP contribution in [-0.2, 0) is 19.2 Å². The molecule has 7 heteroatoms. The first kappa shape index (κ1) is 19.6. The second-order valence-electron chi connectivity index (χ2n) is 2.50. The smallest absolute Gasteiger partial charge is 0.550 e. The molecule has 80 valence electrons. The van der Waals surface area contributed by atoms with Gasteiger partial charge in [-0.1, -0.05) is 0 Å². The van der Waals surface area contributed by atoms with Crippen LogP contribution in [0.5, 0.6) is 0 Å². The molecule has 0 fully saturated rings. The van der Waals surface area contributed by atoms with Gasteiger partial charge in [0.15, 0.2) is 0 Å². The Hall–Kier alpha value is -0.954. The first-order chi connectivity index (χ1) is 6.25. The van der Waals surface area contributed by atoms with Crippen molar-refractivity contribution in [3.05, 3.63) is 0 Å². The van der Waals surface area contributed by atoms with E-state index in [0.717, 1.165) is 0 Å². The number of carboxylic acids is 2. The van der Waals surface area contributed by atoms with Crippen LogP contribution >= 0.6 is 0 Å². The standard InChI is InChI=1S/2C4H6O3.Mg/c2*1-3(5)2-4(6)7;/h2*2H2,1H3,(H,6,7);/q;;+2/p-2. The molecule has 0 aromatic carbocycles. The molecule has 0 aliphatic heterocycles. The molecule has 0 bridgehead atoms. The summed E-state index contributed by atoms with van der Waals surface area (Å²) in [7, 11) is 0. The molecular formula is C8H10MgO6. The number of hydrogen-bond donors (Lipinski definition) is 0. The Kier molecular flexibility index (Phi) is 14.5. The van der Waals surface area contributed by atoms with Crippen LogP contribution in [0, 0.1) is 0 Å². The van der Waals surface area contributed by atoms with Crippen LogP contribution in [-0.4, -0.2) is 46.6 Å². The zero-order valence-electron chi connectivity index (χ0n) is 8.57. The molecule has 0 heterocycles. The topological polar surface area (TPSA) is 114 Å². The number of Topliss-reactive ketones (excluding diaryl/α,β-unsaturated/α-hetero) is 2. The van der Waals surface area contributed by atoms with Gasteiger partial charge in [0.25, 0.3) is 0 Å². The number of hydrogen-bond acceptors (Lipinski definition) is 6. The molecule has 6 nitrogen and oxygen atoms in total. The van der Waals surface area contributed by atoms with E-state index in [1.165, 1.54) is 13.8 Å². The second-order valence-corrected chi connectivity index (χ2v) is 2.50. The van der Waals surface area contributed by atoms with Gasteiger partial charge in [0.1, 0.15) is 11.6 Å². The number of rotatable bonds is 4. The predicted molar refractivity (Wildman–Crippen MR) is 46.4 cm³/mol. The molecule has 0 spiro atoms. The molecule has 15 heavy (non-hydrogen) atoms. The van der Waals surface area contributed by atoms with Gasteiger partial charge in [0.2, 0.25) is 0 Å². The Morgan fingerprint density at radius 2 is 1.00 bits per heavy atom. The summed E-state index contributed by atoms with van der Waals surface area (Å²) < 4.78 is 0. The van der Waals surface area contributed by atoms with Crippen LogP contribution < -0.4 is 10.2 Å². The van der Waals surface area contributed by atoms with Crippen molar-refractivity contribution in [1.29, 1.82) is 0 Å². The number of aliphatic carboxylic acids is 2. The Bertz CT molecular complexity index is 198. The molecule has 0 aliphatic rings. The summed E-state index contributed by atoms with van der Waals surface area (Å²) in [5, 5.41) is 19.0. The Balaban J connectivity index is -0.000000180. The normalized spacial score (nSPS) is 7.60. The number of carboxylic acid groups (broad SMARTS) is 2. The van der Waals surface area contributed by atoms with Crippen molar-refractivity contribution in [1.82, 2.24) is 0 Å². The fraction of sp³-hybridized carbons (Fsp3) is 0.500. The maximum atomic E-state index is 9.83. The van der Waals surface area contributed by atoms with Gasteiger partial charge in [-0.3, -0.25) is 9.59 Å². The van der Waals surface area contributed by atoms with Gasteiger partial charge >= 0.3 is 23.1 Å². The molecule has 0 radical (unpaired) electrons. The summed E-state index contributed by atoms with van der Waals surface area (Å²) in [6.45, 7) is 2.41. The molecule has 0 amide bonds. The average molecular weight is 226 g/mol. The summed E-state index contributed by atoms with van der Waals surface area (Å²) >= 11 is 0. The van der Waals surface area contributed by atoms with E-state index in [2.05, 4.69) is 0 Å². The maximum Gasteiger partial charge on any atom is 2.00 e. The predicted octanol–water partition coefficient (Wildman–Crippen LogP) is -2.95. The summed E-state index contributed by atoms with van der Waals surface area (Å²) in [6, 6.07) is 0. The van der Waals surface area contributed by atoms with E-state index in [9.17, 15) is 29.4 Å². The zero-order valence-corrected chi connectivity index (χ0v) is 9.99. The first-order valence-electron chi connectivity index (χ1n) is 3.64. The van der Waals surface area contributed by atoms with E-state index >= 15 is 0 Å². The largest absolute Gasteiger partial charge is 2.00 e. The minimum atomic E-state index is -1.31. The van der Waals surface area contributed by atoms with E-state index in [0.29, 0.717) is 0 Å². The molecule has 0 saturated heterocycles. The Morgan fingerprint density at radius 1 is 0.800 bits per heavy atom. The Labute approximate surface area is 103 Å². The Morgan fingerprint density at radius 3 is 1.00 bits per heavy atom. The van der Waals surface area contributed by atoms with Crippen LogP contribution in [0.1, 0.15) is 26.7 Å². The van der Waals surface area contributed by atoms with Crippen molar-refractivity contribution in [2.24, 2.45) is 0 Å². The third kappa shape index (κ3) is 32.1. The van der Waals surface area contributed by atoms with Crippen molar-refractivity contribution in [3.8, 4) is 0 Å². The van der Waals surface area contributed by atoms with Gasteiger partial charge in [0, 0.05) is 24.8 Å². The van der Waals surface area contributed by atoms with Crippen molar-refractivity contribution >= 4 is 46.6 Å².